The Kier molecular flexibility index (Phi) is 5.56. The first-order valence-corrected chi connectivity index (χ1v) is 7.90. The highest BCUT2D eigenvalue weighted by Gasteiger charge is 2.07. The van der Waals surface area contributed by atoms with E-state index in [4.69, 9.17) is 11.6 Å². The van der Waals surface area contributed by atoms with Crippen LogP contribution in [0.15, 0.2) is 41.5 Å². The first-order chi connectivity index (χ1) is 10.9. The average molecular weight is 329 g/mol. The second kappa shape index (κ2) is 7.42. The van der Waals surface area contributed by atoms with Crippen LogP contribution in [0.2, 0.25) is 5.02 Å². The zero-order chi connectivity index (χ0) is 17.0. The van der Waals surface area contributed by atoms with Crippen molar-refractivity contribution in [2.45, 2.75) is 34.1 Å². The van der Waals surface area contributed by atoms with E-state index >= 15 is 0 Å². The quantitative estimate of drug-likeness (QED) is 0.658. The topological polar surface area (TPSA) is 41.5 Å². The molecule has 2 rings (SSSR count). The zero-order valence-electron chi connectivity index (χ0n) is 13.9. The summed E-state index contributed by atoms with van der Waals surface area (Å²) < 4.78 is 0. The van der Waals surface area contributed by atoms with Gasteiger partial charge in [-0.1, -0.05) is 47.0 Å². The predicted molar refractivity (Wildman–Crippen MR) is 96.2 cm³/mol. The van der Waals surface area contributed by atoms with E-state index in [0.29, 0.717) is 17.2 Å². The fraction of sp³-hybridized carbons (Fsp3) is 0.263. The lowest BCUT2D eigenvalue weighted by molar-refractivity contribution is -0.120. The minimum atomic E-state index is -0.139. The second-order valence-electron chi connectivity index (χ2n) is 5.82. The Morgan fingerprint density at radius 3 is 2.43 bits per heavy atom. The van der Waals surface area contributed by atoms with Crippen molar-refractivity contribution in [3.8, 4) is 0 Å². The molecule has 0 fully saturated rings. The van der Waals surface area contributed by atoms with Gasteiger partial charge in [0.05, 0.1) is 12.1 Å². The van der Waals surface area contributed by atoms with Crippen LogP contribution in [-0.4, -0.2) is 11.6 Å². The van der Waals surface area contributed by atoms with Crippen molar-refractivity contribution in [1.82, 2.24) is 5.43 Å². The lowest BCUT2D eigenvalue weighted by Gasteiger charge is -2.08. The van der Waals surface area contributed by atoms with Gasteiger partial charge in [-0.05, 0) is 51.0 Å². The molecule has 2 aromatic carbocycles. The number of nitrogens with one attached hydrogen (secondary N) is 1. The molecule has 0 aromatic heterocycles. The maximum atomic E-state index is 12.1. The van der Waals surface area contributed by atoms with Crippen LogP contribution >= 0.6 is 11.6 Å². The van der Waals surface area contributed by atoms with E-state index in [1.165, 1.54) is 5.56 Å². The van der Waals surface area contributed by atoms with Crippen molar-refractivity contribution >= 4 is 23.2 Å². The maximum Gasteiger partial charge on any atom is 0.244 e. The Morgan fingerprint density at radius 1 is 1.09 bits per heavy atom. The standard InChI is InChI=1S/C19H21ClN2O/c1-12-5-7-16(14(3)9-12)11-19(23)22-21-15(4)17-10-13(2)6-8-18(17)20/h5-10H,11H2,1-4H3,(H,22,23)/b21-15+. The Bertz CT molecular complexity index is 766. The maximum absolute atomic E-state index is 12.1. The third-order valence-electron chi connectivity index (χ3n) is 3.71. The normalized spacial score (nSPS) is 11.4. The number of hydrogen-bond acceptors (Lipinski definition) is 2. The van der Waals surface area contributed by atoms with Gasteiger partial charge in [-0.2, -0.15) is 5.10 Å². The summed E-state index contributed by atoms with van der Waals surface area (Å²) >= 11 is 6.18. The molecule has 3 nitrogen and oxygen atoms in total. The molecule has 0 unspecified atom stereocenters. The van der Waals surface area contributed by atoms with E-state index in [-0.39, 0.29) is 5.91 Å². The Balaban J connectivity index is 2.06. The first kappa shape index (κ1) is 17.2. The number of carbonyl (C=O) groups is 1. The van der Waals surface area contributed by atoms with Crippen molar-refractivity contribution in [2.24, 2.45) is 5.10 Å². The Morgan fingerprint density at radius 2 is 1.74 bits per heavy atom. The molecular formula is C19H21ClN2O. The van der Waals surface area contributed by atoms with Crippen LogP contribution in [0, 0.1) is 20.8 Å². The van der Waals surface area contributed by atoms with E-state index < -0.39 is 0 Å². The predicted octanol–water partition coefficient (Wildman–Crippen LogP) is 4.35. The van der Waals surface area contributed by atoms with Crippen LogP contribution in [0.25, 0.3) is 0 Å². The van der Waals surface area contributed by atoms with Gasteiger partial charge in [-0.3, -0.25) is 4.79 Å². The summed E-state index contributed by atoms with van der Waals surface area (Å²) in [7, 11) is 0. The molecule has 0 spiro atoms. The molecule has 23 heavy (non-hydrogen) atoms. The van der Waals surface area contributed by atoms with Crippen LogP contribution in [0.3, 0.4) is 0 Å². The molecule has 0 aliphatic carbocycles. The van der Waals surface area contributed by atoms with E-state index in [1.807, 2.05) is 58.0 Å². The summed E-state index contributed by atoms with van der Waals surface area (Å²) in [5, 5.41) is 4.80. The van der Waals surface area contributed by atoms with Gasteiger partial charge < -0.3 is 0 Å². The van der Waals surface area contributed by atoms with Crippen molar-refractivity contribution in [3.63, 3.8) is 0 Å². The van der Waals surface area contributed by atoms with Gasteiger partial charge >= 0.3 is 0 Å². The molecule has 0 heterocycles. The number of nitrogens with zero attached hydrogens (tertiary/aromatic N) is 1. The van der Waals surface area contributed by atoms with Crippen molar-refractivity contribution in [2.75, 3.05) is 0 Å². The van der Waals surface area contributed by atoms with Crippen LogP contribution in [-0.2, 0) is 11.2 Å². The smallest absolute Gasteiger partial charge is 0.244 e. The molecule has 1 amide bonds. The number of benzene rings is 2. The second-order valence-corrected chi connectivity index (χ2v) is 6.23. The van der Waals surface area contributed by atoms with E-state index in [9.17, 15) is 4.79 Å². The van der Waals surface area contributed by atoms with Crippen LogP contribution in [0.4, 0.5) is 0 Å². The fourth-order valence-corrected chi connectivity index (χ4v) is 2.63. The molecule has 0 aliphatic heterocycles. The van der Waals surface area contributed by atoms with Crippen molar-refractivity contribution in [1.29, 1.82) is 0 Å². The summed E-state index contributed by atoms with van der Waals surface area (Å²) in [5.41, 5.74) is 8.54. The first-order valence-electron chi connectivity index (χ1n) is 7.52. The van der Waals surface area contributed by atoms with Gasteiger partial charge in [0.2, 0.25) is 5.91 Å². The minimum absolute atomic E-state index is 0.139. The van der Waals surface area contributed by atoms with E-state index in [0.717, 1.165) is 22.3 Å². The van der Waals surface area contributed by atoms with E-state index in [1.54, 1.807) is 0 Å². The number of amides is 1. The molecule has 0 atom stereocenters. The average Bonchev–Trinajstić information content (AvgIpc) is 2.50. The van der Waals surface area contributed by atoms with Crippen molar-refractivity contribution in [3.05, 3.63) is 69.2 Å². The summed E-state index contributed by atoms with van der Waals surface area (Å²) in [6, 6.07) is 11.8. The van der Waals surface area contributed by atoms with Crippen LogP contribution < -0.4 is 5.43 Å². The fourth-order valence-electron chi connectivity index (χ4n) is 2.38. The molecular weight excluding hydrogens is 308 g/mol. The summed E-state index contributed by atoms with van der Waals surface area (Å²) in [6.45, 7) is 7.87. The number of aryl methyl sites for hydroxylation is 3. The molecule has 0 bridgehead atoms. The third kappa shape index (κ3) is 4.67. The van der Waals surface area contributed by atoms with Gasteiger partial charge in [0.15, 0.2) is 0 Å². The molecule has 0 radical (unpaired) electrons. The van der Waals surface area contributed by atoms with Gasteiger partial charge in [0.1, 0.15) is 0 Å². The Labute approximate surface area is 142 Å². The third-order valence-corrected chi connectivity index (χ3v) is 4.04. The molecule has 0 saturated heterocycles. The molecule has 2 aromatic rings. The van der Waals surface area contributed by atoms with Crippen LogP contribution in [0.5, 0.6) is 0 Å². The monoisotopic (exact) mass is 328 g/mol. The SMILES string of the molecule is C/C(=N\NC(=O)Cc1ccc(C)cc1C)c1cc(C)ccc1Cl. The Hall–Kier alpha value is -2.13. The molecule has 0 saturated carbocycles. The number of carbonyl (C=O) groups excluding carboxylic acids is 1. The highest BCUT2D eigenvalue weighted by atomic mass is 35.5. The van der Waals surface area contributed by atoms with Gasteiger partial charge in [0, 0.05) is 10.6 Å². The van der Waals surface area contributed by atoms with Gasteiger partial charge in [-0.15, -0.1) is 0 Å². The lowest BCUT2D eigenvalue weighted by atomic mass is 10.0. The summed E-state index contributed by atoms with van der Waals surface area (Å²) in [6.07, 6.45) is 0.310. The van der Waals surface area contributed by atoms with Gasteiger partial charge in [0.25, 0.3) is 0 Å². The lowest BCUT2D eigenvalue weighted by Crippen LogP contribution is -2.21. The highest BCUT2D eigenvalue weighted by Crippen LogP contribution is 2.18. The number of rotatable bonds is 4. The minimum Gasteiger partial charge on any atom is -0.273 e. The zero-order valence-corrected chi connectivity index (χ0v) is 14.7. The summed E-state index contributed by atoms with van der Waals surface area (Å²) in [5.74, 6) is -0.139. The number of halogens is 1. The van der Waals surface area contributed by atoms with E-state index in [2.05, 4.69) is 16.6 Å². The summed E-state index contributed by atoms with van der Waals surface area (Å²) in [4.78, 5) is 12.1. The van der Waals surface area contributed by atoms with Gasteiger partial charge in [-0.25, -0.2) is 5.43 Å². The number of hydrazone groups is 1. The molecule has 4 heteroatoms. The molecule has 1 N–H and O–H groups in total. The molecule has 0 aliphatic rings. The number of hydrogen-bond donors (Lipinski definition) is 1. The largest absolute Gasteiger partial charge is 0.273 e. The van der Waals surface area contributed by atoms with Crippen molar-refractivity contribution < 1.29 is 4.79 Å². The van der Waals surface area contributed by atoms with Crippen LogP contribution in [0.1, 0.15) is 34.7 Å². The highest BCUT2D eigenvalue weighted by molar-refractivity contribution is 6.34. The molecule has 120 valence electrons.